The summed E-state index contributed by atoms with van der Waals surface area (Å²) in [5.74, 6) is 0. The quantitative estimate of drug-likeness (QED) is 0.846. The highest BCUT2D eigenvalue weighted by atomic mass is 15.5. The Balaban J connectivity index is 1.39. The Hall–Kier alpha value is -0.940. The number of benzene rings is 1. The molecule has 2 fully saturated rings. The minimum atomic E-state index is 0.944. The summed E-state index contributed by atoms with van der Waals surface area (Å²) in [6.07, 6.45) is 8.08. The summed E-state index contributed by atoms with van der Waals surface area (Å²) in [6.45, 7) is 6.66. The van der Waals surface area contributed by atoms with Crippen molar-refractivity contribution in [1.29, 1.82) is 0 Å². The molecule has 0 spiro atoms. The van der Waals surface area contributed by atoms with Crippen LogP contribution in [0.3, 0.4) is 0 Å². The summed E-state index contributed by atoms with van der Waals surface area (Å²) < 4.78 is 0. The van der Waals surface area contributed by atoms with Crippen molar-refractivity contribution in [2.45, 2.75) is 51.6 Å². The van der Waals surface area contributed by atoms with Crippen LogP contribution in [0.1, 0.15) is 49.7 Å². The van der Waals surface area contributed by atoms with Gasteiger partial charge in [0, 0.05) is 39.3 Å². The van der Waals surface area contributed by atoms with Crippen LogP contribution in [0.15, 0.2) is 24.3 Å². The first-order valence-corrected chi connectivity index (χ1v) is 8.95. The van der Waals surface area contributed by atoms with Crippen molar-refractivity contribution >= 4 is 0 Å². The molecule has 0 aliphatic carbocycles. The van der Waals surface area contributed by atoms with Crippen LogP contribution in [0.2, 0.25) is 0 Å². The van der Waals surface area contributed by atoms with E-state index in [-0.39, 0.29) is 0 Å². The van der Waals surface area contributed by atoms with E-state index in [9.17, 15) is 0 Å². The van der Waals surface area contributed by atoms with Crippen LogP contribution in [0.25, 0.3) is 0 Å². The van der Waals surface area contributed by atoms with Crippen molar-refractivity contribution in [1.82, 2.24) is 20.9 Å². The summed E-state index contributed by atoms with van der Waals surface area (Å²) in [6, 6.07) is 9.02. The Kier molecular flexibility index (Phi) is 6.25. The molecule has 2 aliphatic heterocycles. The molecule has 1 aromatic carbocycles. The van der Waals surface area contributed by atoms with Crippen LogP contribution in [-0.4, -0.2) is 36.2 Å². The fourth-order valence-electron chi connectivity index (χ4n) is 3.29. The predicted octanol–water partition coefficient (Wildman–Crippen LogP) is 2.67. The summed E-state index contributed by atoms with van der Waals surface area (Å²) in [7, 11) is 0. The normalized spacial score (nSPS) is 21.1. The molecule has 22 heavy (non-hydrogen) atoms. The molecule has 0 unspecified atom stereocenters. The summed E-state index contributed by atoms with van der Waals surface area (Å²) >= 11 is 0. The number of nitrogens with zero attached hydrogens (tertiary/aromatic N) is 2. The topological polar surface area (TPSA) is 30.5 Å². The van der Waals surface area contributed by atoms with Crippen molar-refractivity contribution in [3.8, 4) is 0 Å². The first-order valence-electron chi connectivity index (χ1n) is 8.95. The number of rotatable bonds is 6. The molecule has 2 heterocycles. The molecule has 3 rings (SSSR count). The van der Waals surface area contributed by atoms with Gasteiger partial charge in [0.1, 0.15) is 0 Å². The van der Waals surface area contributed by atoms with Crippen LogP contribution in [0.5, 0.6) is 0 Å². The smallest absolute Gasteiger partial charge is 0.0353 e. The molecular weight excluding hydrogens is 272 g/mol. The molecular formula is C18H30N4. The first kappa shape index (κ1) is 15.9. The van der Waals surface area contributed by atoms with E-state index >= 15 is 0 Å². The van der Waals surface area contributed by atoms with Crippen molar-refractivity contribution in [3.63, 3.8) is 0 Å². The summed E-state index contributed by atoms with van der Waals surface area (Å²) in [4.78, 5) is 0. The molecule has 4 heteroatoms. The van der Waals surface area contributed by atoms with Crippen molar-refractivity contribution in [3.05, 3.63) is 35.4 Å². The monoisotopic (exact) mass is 302 g/mol. The number of hydrogen-bond acceptors (Lipinski definition) is 4. The zero-order chi connectivity index (χ0) is 15.0. The van der Waals surface area contributed by atoms with Gasteiger partial charge in [-0.1, -0.05) is 37.1 Å². The number of hydrogen-bond donors (Lipinski definition) is 2. The Bertz CT molecular complexity index is 378. The van der Waals surface area contributed by atoms with E-state index in [0.29, 0.717) is 0 Å². The Morgan fingerprint density at radius 3 is 1.32 bits per heavy atom. The number of nitrogens with one attached hydrogen (secondary N) is 2. The second-order valence-electron chi connectivity index (χ2n) is 6.58. The average molecular weight is 302 g/mol. The van der Waals surface area contributed by atoms with Gasteiger partial charge >= 0.3 is 0 Å². The SMILES string of the molecule is c1cc(CNN2CCCCC2)ccc1CNN1CCCCC1. The maximum atomic E-state index is 3.55. The highest BCUT2D eigenvalue weighted by Gasteiger charge is 2.10. The van der Waals surface area contributed by atoms with Crippen LogP contribution < -0.4 is 10.9 Å². The predicted molar refractivity (Wildman–Crippen MR) is 91.0 cm³/mol. The minimum Gasteiger partial charge on any atom is -0.251 e. The van der Waals surface area contributed by atoms with Gasteiger partial charge in [0.15, 0.2) is 0 Å². The van der Waals surface area contributed by atoms with E-state index in [2.05, 4.69) is 45.1 Å². The van der Waals surface area contributed by atoms with Gasteiger partial charge in [-0.25, -0.2) is 10.0 Å². The molecule has 1 aromatic rings. The van der Waals surface area contributed by atoms with Crippen LogP contribution >= 0.6 is 0 Å². The Labute approximate surface area is 134 Å². The van der Waals surface area contributed by atoms with E-state index < -0.39 is 0 Å². The third-order valence-electron chi connectivity index (χ3n) is 4.75. The summed E-state index contributed by atoms with van der Waals surface area (Å²) in [5.41, 5.74) is 9.84. The zero-order valence-corrected chi connectivity index (χ0v) is 13.7. The van der Waals surface area contributed by atoms with Gasteiger partial charge in [0.05, 0.1) is 0 Å². The first-order chi connectivity index (χ1) is 10.9. The zero-order valence-electron chi connectivity index (χ0n) is 13.7. The van der Waals surface area contributed by atoms with Crippen LogP contribution in [0.4, 0.5) is 0 Å². The van der Waals surface area contributed by atoms with E-state index in [1.54, 1.807) is 0 Å². The lowest BCUT2D eigenvalue weighted by Crippen LogP contribution is -2.41. The van der Waals surface area contributed by atoms with Gasteiger partial charge in [0.25, 0.3) is 0 Å². The van der Waals surface area contributed by atoms with E-state index in [0.717, 1.165) is 13.1 Å². The molecule has 0 aromatic heterocycles. The van der Waals surface area contributed by atoms with Gasteiger partial charge in [-0.3, -0.25) is 10.9 Å². The average Bonchev–Trinajstić information content (AvgIpc) is 2.61. The lowest BCUT2D eigenvalue weighted by Gasteiger charge is -2.27. The number of hydrazine groups is 2. The number of piperidine rings is 2. The lowest BCUT2D eigenvalue weighted by molar-refractivity contribution is 0.150. The fraction of sp³-hybridized carbons (Fsp3) is 0.667. The van der Waals surface area contributed by atoms with Crippen LogP contribution in [0, 0.1) is 0 Å². The van der Waals surface area contributed by atoms with Crippen molar-refractivity contribution in [2.24, 2.45) is 0 Å². The molecule has 2 saturated heterocycles. The standard InChI is InChI=1S/C18H30N4/c1-3-11-21(12-4-1)19-15-17-7-9-18(10-8-17)16-20-22-13-5-2-6-14-22/h7-10,19-20H,1-6,11-16H2. The second-order valence-corrected chi connectivity index (χ2v) is 6.58. The Morgan fingerprint density at radius 2 is 0.955 bits per heavy atom. The molecule has 0 amide bonds. The molecule has 0 bridgehead atoms. The molecule has 2 aliphatic rings. The molecule has 2 N–H and O–H groups in total. The van der Waals surface area contributed by atoms with Gasteiger partial charge < -0.3 is 0 Å². The maximum Gasteiger partial charge on any atom is 0.0353 e. The molecule has 0 radical (unpaired) electrons. The van der Waals surface area contributed by atoms with Crippen LogP contribution in [-0.2, 0) is 13.1 Å². The van der Waals surface area contributed by atoms with Crippen molar-refractivity contribution < 1.29 is 0 Å². The molecule has 0 saturated carbocycles. The van der Waals surface area contributed by atoms with E-state index in [4.69, 9.17) is 0 Å². The Morgan fingerprint density at radius 1 is 0.591 bits per heavy atom. The maximum absolute atomic E-state index is 3.55. The van der Waals surface area contributed by atoms with Gasteiger partial charge in [-0.05, 0) is 36.8 Å². The minimum absolute atomic E-state index is 0.944. The van der Waals surface area contributed by atoms with Crippen molar-refractivity contribution in [2.75, 3.05) is 26.2 Å². The summed E-state index contributed by atoms with van der Waals surface area (Å²) in [5, 5.41) is 4.74. The third kappa shape index (κ3) is 5.06. The second kappa shape index (κ2) is 8.63. The van der Waals surface area contributed by atoms with Gasteiger partial charge in [-0.2, -0.15) is 0 Å². The van der Waals surface area contributed by atoms with Gasteiger partial charge in [-0.15, -0.1) is 0 Å². The third-order valence-corrected chi connectivity index (χ3v) is 4.75. The fourth-order valence-corrected chi connectivity index (χ4v) is 3.29. The van der Waals surface area contributed by atoms with E-state index in [1.165, 1.54) is 75.8 Å². The highest BCUT2D eigenvalue weighted by Crippen LogP contribution is 2.10. The molecule has 122 valence electrons. The lowest BCUT2D eigenvalue weighted by atomic mass is 10.1. The van der Waals surface area contributed by atoms with Gasteiger partial charge in [0.2, 0.25) is 0 Å². The highest BCUT2D eigenvalue weighted by molar-refractivity contribution is 5.22. The van der Waals surface area contributed by atoms with E-state index in [1.807, 2.05) is 0 Å². The molecule has 0 atom stereocenters. The molecule has 4 nitrogen and oxygen atoms in total. The largest absolute Gasteiger partial charge is 0.251 e.